The van der Waals surface area contributed by atoms with Crippen LogP contribution in [0.15, 0.2) is 18.2 Å². The van der Waals surface area contributed by atoms with Crippen molar-refractivity contribution in [3.05, 3.63) is 29.6 Å². The molecule has 138 valence electrons. The number of halogens is 1. The molecule has 0 saturated carbocycles. The van der Waals surface area contributed by atoms with Crippen LogP contribution in [0.3, 0.4) is 0 Å². The maximum absolute atomic E-state index is 13.7. The third kappa shape index (κ3) is 6.32. The van der Waals surface area contributed by atoms with Crippen molar-refractivity contribution in [2.45, 2.75) is 25.4 Å². The zero-order valence-corrected chi connectivity index (χ0v) is 14.4. The molecule has 0 atom stereocenters. The van der Waals surface area contributed by atoms with Crippen LogP contribution in [0.25, 0.3) is 0 Å². The van der Waals surface area contributed by atoms with Crippen LogP contribution in [0.2, 0.25) is 0 Å². The zero-order valence-electron chi connectivity index (χ0n) is 14.4. The summed E-state index contributed by atoms with van der Waals surface area (Å²) in [6.45, 7) is 3.07. The number of carbonyl (C=O) groups excluding carboxylic acids is 2. The monoisotopic (exact) mass is 352 g/mol. The molecule has 1 saturated heterocycles. The third-order valence-corrected chi connectivity index (χ3v) is 4.12. The van der Waals surface area contributed by atoms with E-state index in [9.17, 15) is 14.0 Å². The molecule has 0 spiro atoms. The first kappa shape index (κ1) is 19.1. The van der Waals surface area contributed by atoms with Crippen molar-refractivity contribution in [2.24, 2.45) is 5.73 Å². The number of nitrogens with two attached hydrogens (primary N) is 1. The van der Waals surface area contributed by atoms with Crippen molar-refractivity contribution in [1.29, 1.82) is 0 Å². The van der Waals surface area contributed by atoms with E-state index in [1.54, 1.807) is 0 Å². The smallest absolute Gasteiger partial charge is 0.319 e. The normalized spacial score (nSPS) is 15.8. The second-order valence-electron chi connectivity index (χ2n) is 6.17. The second kappa shape index (κ2) is 9.33. The highest BCUT2D eigenvalue weighted by molar-refractivity contribution is 5.96. The molecule has 0 unspecified atom stereocenters. The average molecular weight is 352 g/mol. The topological polar surface area (TPSA) is 96.7 Å². The number of urea groups is 1. The molecule has 3 amide bonds. The molecule has 0 aromatic heterocycles. The van der Waals surface area contributed by atoms with Gasteiger partial charge in [-0.25, -0.2) is 9.18 Å². The van der Waals surface area contributed by atoms with Gasteiger partial charge in [-0.1, -0.05) is 0 Å². The number of nitrogens with zero attached hydrogens (tertiary/aromatic N) is 1. The average Bonchev–Trinajstić information content (AvgIpc) is 2.58. The van der Waals surface area contributed by atoms with E-state index in [1.807, 2.05) is 0 Å². The molecule has 0 radical (unpaired) electrons. The Balaban J connectivity index is 1.66. The Bertz CT molecular complexity index is 604. The number of piperidine rings is 1. The van der Waals surface area contributed by atoms with Gasteiger partial charge in [0.05, 0.1) is 11.8 Å². The number of likely N-dealkylation sites (tertiary alicyclic amines) is 1. The summed E-state index contributed by atoms with van der Waals surface area (Å²) in [5, 5.41) is 5.00. The SMILES string of the molecule is CN1CCC(OCCCNC(=O)Nc2cc(C(N)=O)ccc2F)CC1. The molecule has 2 rings (SSSR count). The summed E-state index contributed by atoms with van der Waals surface area (Å²) in [6.07, 6.45) is 3.01. The first-order chi connectivity index (χ1) is 12.0. The molecule has 1 heterocycles. The van der Waals surface area contributed by atoms with Crippen LogP contribution in [0.1, 0.15) is 29.6 Å². The maximum Gasteiger partial charge on any atom is 0.319 e. The van der Waals surface area contributed by atoms with Gasteiger partial charge in [0.25, 0.3) is 0 Å². The molecule has 4 N–H and O–H groups in total. The van der Waals surface area contributed by atoms with Gasteiger partial charge in [0.2, 0.25) is 5.91 Å². The van der Waals surface area contributed by atoms with Crippen LogP contribution in [-0.2, 0) is 4.74 Å². The van der Waals surface area contributed by atoms with Crippen molar-refractivity contribution >= 4 is 17.6 Å². The molecule has 1 aliphatic rings. The summed E-state index contributed by atoms with van der Waals surface area (Å²) < 4.78 is 19.4. The van der Waals surface area contributed by atoms with Gasteiger partial charge in [0.15, 0.2) is 0 Å². The van der Waals surface area contributed by atoms with Crippen LogP contribution >= 0.6 is 0 Å². The number of benzene rings is 1. The molecule has 7 nitrogen and oxygen atoms in total. The van der Waals surface area contributed by atoms with Crippen LogP contribution in [0, 0.1) is 5.82 Å². The first-order valence-electron chi connectivity index (χ1n) is 8.40. The Labute approximate surface area is 146 Å². The van der Waals surface area contributed by atoms with Crippen molar-refractivity contribution in [3.63, 3.8) is 0 Å². The lowest BCUT2D eigenvalue weighted by Gasteiger charge is -2.28. The number of anilines is 1. The van der Waals surface area contributed by atoms with Crippen molar-refractivity contribution in [1.82, 2.24) is 10.2 Å². The van der Waals surface area contributed by atoms with E-state index in [0.717, 1.165) is 32.0 Å². The summed E-state index contributed by atoms with van der Waals surface area (Å²) in [7, 11) is 2.10. The summed E-state index contributed by atoms with van der Waals surface area (Å²) in [5.74, 6) is -1.32. The fraction of sp³-hybridized carbons (Fsp3) is 0.529. The van der Waals surface area contributed by atoms with Crippen molar-refractivity contribution < 1.29 is 18.7 Å². The number of nitrogens with one attached hydrogen (secondary N) is 2. The van der Waals surface area contributed by atoms with Gasteiger partial charge < -0.3 is 26.0 Å². The van der Waals surface area contributed by atoms with E-state index in [1.165, 1.54) is 12.1 Å². The van der Waals surface area contributed by atoms with Crippen LogP contribution in [-0.4, -0.2) is 56.2 Å². The number of amides is 3. The van der Waals surface area contributed by atoms with E-state index in [4.69, 9.17) is 10.5 Å². The third-order valence-electron chi connectivity index (χ3n) is 4.12. The Morgan fingerprint density at radius 3 is 2.76 bits per heavy atom. The Kier molecular flexibility index (Phi) is 7.15. The minimum Gasteiger partial charge on any atom is -0.378 e. The Morgan fingerprint density at radius 1 is 1.36 bits per heavy atom. The largest absolute Gasteiger partial charge is 0.378 e. The fourth-order valence-corrected chi connectivity index (χ4v) is 2.62. The molecule has 1 aromatic carbocycles. The molecule has 1 aliphatic heterocycles. The van der Waals surface area contributed by atoms with E-state index in [0.29, 0.717) is 19.6 Å². The molecular formula is C17H25FN4O3. The summed E-state index contributed by atoms with van der Waals surface area (Å²) >= 11 is 0. The van der Waals surface area contributed by atoms with Crippen molar-refractivity contribution in [3.8, 4) is 0 Å². The highest BCUT2D eigenvalue weighted by Crippen LogP contribution is 2.16. The molecule has 1 fully saturated rings. The van der Waals surface area contributed by atoms with Gasteiger partial charge >= 0.3 is 6.03 Å². The van der Waals surface area contributed by atoms with E-state index in [-0.39, 0.29) is 17.4 Å². The van der Waals surface area contributed by atoms with Gasteiger partial charge in [-0.15, -0.1) is 0 Å². The van der Waals surface area contributed by atoms with Gasteiger partial charge in [-0.05, 0) is 44.5 Å². The van der Waals surface area contributed by atoms with Crippen LogP contribution in [0.5, 0.6) is 0 Å². The maximum atomic E-state index is 13.7. The van der Waals surface area contributed by atoms with E-state index >= 15 is 0 Å². The molecule has 0 aliphatic carbocycles. The molecular weight excluding hydrogens is 327 g/mol. The number of primary amides is 1. The number of hydrogen-bond donors (Lipinski definition) is 3. The van der Waals surface area contributed by atoms with Gasteiger partial charge in [-0.3, -0.25) is 4.79 Å². The lowest BCUT2D eigenvalue weighted by atomic mass is 10.1. The number of carbonyl (C=O) groups is 2. The summed E-state index contributed by atoms with van der Waals surface area (Å²) in [4.78, 5) is 25.2. The minimum absolute atomic E-state index is 0.0867. The molecule has 1 aromatic rings. The standard InChI is InChI=1S/C17H25FN4O3/c1-22-8-5-13(6-9-22)25-10-2-7-20-17(24)21-15-11-12(16(19)23)3-4-14(15)18/h3-4,11,13H,2,5-10H2,1H3,(H2,19,23)(H2,20,21,24). The van der Waals surface area contributed by atoms with Gasteiger partial charge in [0.1, 0.15) is 5.82 Å². The quantitative estimate of drug-likeness (QED) is 0.649. The second-order valence-corrected chi connectivity index (χ2v) is 6.17. The fourth-order valence-electron chi connectivity index (χ4n) is 2.62. The van der Waals surface area contributed by atoms with Gasteiger partial charge in [-0.2, -0.15) is 0 Å². The molecule has 25 heavy (non-hydrogen) atoms. The predicted molar refractivity (Wildman–Crippen MR) is 93.0 cm³/mol. The Morgan fingerprint density at radius 2 is 2.08 bits per heavy atom. The Hall–Kier alpha value is -2.19. The number of hydrogen-bond acceptors (Lipinski definition) is 4. The van der Waals surface area contributed by atoms with E-state index < -0.39 is 17.8 Å². The molecule has 0 bridgehead atoms. The van der Waals surface area contributed by atoms with E-state index in [2.05, 4.69) is 22.6 Å². The lowest BCUT2D eigenvalue weighted by molar-refractivity contribution is 0.0118. The number of rotatable bonds is 7. The highest BCUT2D eigenvalue weighted by Gasteiger charge is 2.16. The lowest BCUT2D eigenvalue weighted by Crippen LogP contribution is -2.35. The highest BCUT2D eigenvalue weighted by atomic mass is 19.1. The van der Waals surface area contributed by atoms with Crippen LogP contribution in [0.4, 0.5) is 14.9 Å². The minimum atomic E-state index is -0.686. The first-order valence-corrected chi connectivity index (χ1v) is 8.40. The predicted octanol–water partition coefficient (Wildman–Crippen LogP) is 1.55. The molecule has 8 heteroatoms. The summed E-state index contributed by atoms with van der Waals surface area (Å²) in [5.41, 5.74) is 5.18. The number of ether oxygens (including phenoxy) is 1. The van der Waals surface area contributed by atoms with Gasteiger partial charge in [0, 0.05) is 31.8 Å². The van der Waals surface area contributed by atoms with Crippen molar-refractivity contribution in [2.75, 3.05) is 38.6 Å². The van der Waals surface area contributed by atoms with Crippen LogP contribution < -0.4 is 16.4 Å². The summed E-state index contributed by atoms with van der Waals surface area (Å²) in [6, 6.07) is 3.02. The zero-order chi connectivity index (χ0) is 18.2.